The first-order chi connectivity index (χ1) is 12.7. The lowest BCUT2D eigenvalue weighted by Crippen LogP contribution is -2.23. The lowest BCUT2D eigenvalue weighted by molar-refractivity contribution is 0.416. The predicted octanol–water partition coefficient (Wildman–Crippen LogP) is 3.74. The first-order valence-corrected chi connectivity index (χ1v) is 8.02. The molecule has 0 aromatic heterocycles. The molecule has 0 aliphatic heterocycles. The van der Waals surface area contributed by atoms with Crippen LogP contribution in [0.15, 0.2) is 77.9 Å². The predicted molar refractivity (Wildman–Crippen MR) is 102 cm³/mol. The number of hydrazine groups is 1. The molecule has 0 heterocycles. The Labute approximate surface area is 151 Å². The summed E-state index contributed by atoms with van der Waals surface area (Å²) in [5.41, 5.74) is 5.11. The number of nitrogens with one attached hydrogen (secondary N) is 2. The van der Waals surface area contributed by atoms with Crippen LogP contribution < -0.4 is 21.4 Å². The molecule has 0 unspecified atom stereocenters. The molecule has 5 nitrogen and oxygen atoms in total. The molecule has 3 aromatic carbocycles. The van der Waals surface area contributed by atoms with Crippen molar-refractivity contribution in [2.24, 2.45) is 10.9 Å². The second-order valence-electron chi connectivity index (χ2n) is 5.44. The summed E-state index contributed by atoms with van der Waals surface area (Å²) in [6, 6.07) is 21.7. The van der Waals surface area contributed by atoms with Gasteiger partial charge in [0.25, 0.3) is 0 Å². The van der Waals surface area contributed by atoms with Crippen molar-refractivity contribution in [2.75, 3.05) is 12.4 Å². The fourth-order valence-corrected chi connectivity index (χ4v) is 2.70. The van der Waals surface area contributed by atoms with Crippen LogP contribution in [0.1, 0.15) is 5.56 Å². The summed E-state index contributed by atoms with van der Waals surface area (Å²) in [4.78, 5) is 0. The number of ether oxygens (including phenoxy) is 1. The number of halogens is 1. The highest BCUT2D eigenvalue weighted by Crippen LogP contribution is 2.32. The van der Waals surface area contributed by atoms with Crippen LogP contribution in [0.3, 0.4) is 0 Å². The number of hydrogen-bond acceptors (Lipinski definition) is 4. The van der Waals surface area contributed by atoms with Crippen LogP contribution in [0.4, 0.5) is 10.1 Å². The SMILES string of the molecule is COc1ccccc1-c1ccccc1/C(=N/NN)Nc1ccccc1F. The zero-order chi connectivity index (χ0) is 18.4. The van der Waals surface area contributed by atoms with Gasteiger partial charge < -0.3 is 10.1 Å². The van der Waals surface area contributed by atoms with Crippen molar-refractivity contribution >= 4 is 11.5 Å². The van der Waals surface area contributed by atoms with Crippen molar-refractivity contribution < 1.29 is 9.13 Å². The van der Waals surface area contributed by atoms with Gasteiger partial charge in [0.05, 0.1) is 12.8 Å². The van der Waals surface area contributed by atoms with Gasteiger partial charge in [-0.3, -0.25) is 0 Å². The van der Waals surface area contributed by atoms with E-state index in [1.54, 1.807) is 25.3 Å². The summed E-state index contributed by atoms with van der Waals surface area (Å²) in [7, 11) is 1.62. The van der Waals surface area contributed by atoms with Crippen molar-refractivity contribution in [3.05, 3.63) is 84.2 Å². The van der Waals surface area contributed by atoms with E-state index in [1.807, 2.05) is 48.5 Å². The van der Waals surface area contributed by atoms with E-state index in [0.717, 1.165) is 22.4 Å². The third kappa shape index (κ3) is 3.65. The minimum Gasteiger partial charge on any atom is -0.496 e. The fourth-order valence-electron chi connectivity index (χ4n) is 2.70. The molecule has 132 valence electrons. The number of methoxy groups -OCH3 is 1. The molecule has 0 spiro atoms. The standard InChI is InChI=1S/C20H19FN4O/c1-26-19-13-7-4-9-15(19)14-8-2-3-10-16(14)20(24-25-22)23-18-12-6-5-11-17(18)21/h2-13,25H,22H2,1H3,(H,23,24). The zero-order valence-electron chi connectivity index (χ0n) is 14.2. The smallest absolute Gasteiger partial charge is 0.159 e. The van der Waals surface area contributed by atoms with E-state index in [4.69, 9.17) is 10.6 Å². The molecule has 0 saturated heterocycles. The molecule has 26 heavy (non-hydrogen) atoms. The number of para-hydroxylation sites is 2. The molecule has 3 aromatic rings. The Hall–Kier alpha value is -3.38. The van der Waals surface area contributed by atoms with E-state index in [2.05, 4.69) is 16.0 Å². The van der Waals surface area contributed by atoms with Crippen molar-refractivity contribution in [2.45, 2.75) is 0 Å². The van der Waals surface area contributed by atoms with E-state index >= 15 is 0 Å². The third-order valence-corrected chi connectivity index (χ3v) is 3.88. The van der Waals surface area contributed by atoms with Gasteiger partial charge in [-0.25, -0.2) is 15.8 Å². The van der Waals surface area contributed by atoms with E-state index in [-0.39, 0.29) is 5.82 Å². The Morgan fingerprint density at radius 2 is 1.58 bits per heavy atom. The van der Waals surface area contributed by atoms with Crippen LogP contribution in [-0.4, -0.2) is 12.9 Å². The van der Waals surface area contributed by atoms with Gasteiger partial charge >= 0.3 is 0 Å². The van der Waals surface area contributed by atoms with Crippen molar-refractivity contribution in [1.29, 1.82) is 0 Å². The van der Waals surface area contributed by atoms with E-state index in [1.165, 1.54) is 6.07 Å². The Kier molecular flexibility index (Phi) is 5.46. The molecular formula is C20H19FN4O. The summed E-state index contributed by atoms with van der Waals surface area (Å²) in [6.45, 7) is 0. The van der Waals surface area contributed by atoms with Crippen LogP contribution in [-0.2, 0) is 0 Å². The van der Waals surface area contributed by atoms with Crippen molar-refractivity contribution in [1.82, 2.24) is 5.53 Å². The molecule has 0 radical (unpaired) electrons. The highest BCUT2D eigenvalue weighted by atomic mass is 19.1. The first kappa shape index (κ1) is 17.4. The van der Waals surface area contributed by atoms with Crippen LogP contribution >= 0.6 is 0 Å². The van der Waals surface area contributed by atoms with Gasteiger partial charge in [0, 0.05) is 11.1 Å². The maximum absolute atomic E-state index is 14.1. The summed E-state index contributed by atoms with van der Waals surface area (Å²) in [5, 5.41) is 7.10. The normalized spacial score (nSPS) is 11.1. The van der Waals surface area contributed by atoms with Crippen LogP contribution in [0.2, 0.25) is 0 Å². The number of benzene rings is 3. The Morgan fingerprint density at radius 1 is 0.923 bits per heavy atom. The largest absolute Gasteiger partial charge is 0.496 e. The Morgan fingerprint density at radius 3 is 2.31 bits per heavy atom. The molecule has 0 fully saturated rings. The summed E-state index contributed by atoms with van der Waals surface area (Å²) in [6.07, 6.45) is 0. The monoisotopic (exact) mass is 350 g/mol. The molecule has 0 amide bonds. The lowest BCUT2D eigenvalue weighted by atomic mass is 9.98. The van der Waals surface area contributed by atoms with Gasteiger partial charge in [0.15, 0.2) is 5.84 Å². The van der Waals surface area contributed by atoms with Gasteiger partial charge in [0.2, 0.25) is 0 Å². The minimum atomic E-state index is -0.382. The van der Waals surface area contributed by atoms with Gasteiger partial charge in [-0.1, -0.05) is 54.6 Å². The second kappa shape index (κ2) is 8.13. The highest BCUT2D eigenvalue weighted by Gasteiger charge is 2.15. The maximum Gasteiger partial charge on any atom is 0.159 e. The van der Waals surface area contributed by atoms with E-state index in [0.29, 0.717) is 11.5 Å². The van der Waals surface area contributed by atoms with Gasteiger partial charge in [0.1, 0.15) is 11.6 Å². The van der Waals surface area contributed by atoms with Gasteiger partial charge in [-0.05, 0) is 23.8 Å². The van der Waals surface area contributed by atoms with Crippen LogP contribution in [0, 0.1) is 5.82 Å². The maximum atomic E-state index is 14.1. The van der Waals surface area contributed by atoms with Crippen LogP contribution in [0.25, 0.3) is 11.1 Å². The quantitative estimate of drug-likeness (QED) is 0.284. The number of hydrazone groups is 1. The zero-order valence-corrected chi connectivity index (χ0v) is 14.2. The van der Waals surface area contributed by atoms with Crippen molar-refractivity contribution in [3.8, 4) is 16.9 Å². The Bertz CT molecular complexity index is 927. The highest BCUT2D eigenvalue weighted by molar-refractivity contribution is 6.12. The van der Waals surface area contributed by atoms with E-state index < -0.39 is 0 Å². The minimum absolute atomic E-state index is 0.302. The second-order valence-corrected chi connectivity index (χ2v) is 5.44. The molecule has 0 saturated carbocycles. The average molecular weight is 350 g/mol. The van der Waals surface area contributed by atoms with E-state index in [9.17, 15) is 4.39 Å². The molecule has 0 aliphatic carbocycles. The number of anilines is 1. The number of rotatable bonds is 5. The fraction of sp³-hybridized carbons (Fsp3) is 0.0500. The summed E-state index contributed by atoms with van der Waals surface area (Å²) in [5.74, 6) is 6.14. The number of hydrogen-bond donors (Lipinski definition) is 3. The average Bonchev–Trinajstić information content (AvgIpc) is 2.69. The summed E-state index contributed by atoms with van der Waals surface area (Å²) >= 11 is 0. The number of amidine groups is 1. The third-order valence-electron chi connectivity index (χ3n) is 3.88. The molecule has 0 atom stereocenters. The van der Waals surface area contributed by atoms with Crippen molar-refractivity contribution in [3.63, 3.8) is 0 Å². The Balaban J connectivity index is 2.09. The van der Waals surface area contributed by atoms with Crippen LogP contribution in [0.5, 0.6) is 5.75 Å². The first-order valence-electron chi connectivity index (χ1n) is 8.02. The lowest BCUT2D eigenvalue weighted by Gasteiger charge is -2.16. The molecule has 4 N–H and O–H groups in total. The van der Waals surface area contributed by atoms with Gasteiger partial charge in [-0.2, -0.15) is 0 Å². The number of nitrogens with zero attached hydrogens (tertiary/aromatic N) is 1. The summed E-state index contributed by atoms with van der Waals surface area (Å²) < 4.78 is 19.5. The number of nitrogens with two attached hydrogens (primary N) is 1. The van der Waals surface area contributed by atoms with Gasteiger partial charge in [-0.15, -0.1) is 5.10 Å². The molecule has 6 heteroatoms. The topological polar surface area (TPSA) is 71.7 Å². The molecule has 0 bridgehead atoms. The molecule has 3 rings (SSSR count). The molecule has 0 aliphatic rings. The molecular weight excluding hydrogens is 331 g/mol.